The minimum Gasteiger partial charge on any atom is -0.382 e. The van der Waals surface area contributed by atoms with Gasteiger partial charge in [0.05, 0.1) is 18.8 Å². The van der Waals surface area contributed by atoms with Gasteiger partial charge in [0, 0.05) is 12.4 Å². The molecule has 2 rings (SSSR count). The monoisotopic (exact) mass is 191 g/mol. The smallest absolute Gasteiger partial charge is 0.145 e. The number of hydrogen-bond donors (Lipinski definition) is 1. The lowest BCUT2D eigenvalue weighted by Crippen LogP contribution is -2.08. The normalized spacial score (nSPS) is 10.6. The summed E-state index contributed by atoms with van der Waals surface area (Å²) in [4.78, 5) is 0. The largest absolute Gasteiger partial charge is 0.382 e. The lowest BCUT2D eigenvalue weighted by Gasteiger charge is -2.01. The summed E-state index contributed by atoms with van der Waals surface area (Å²) in [5.74, 6) is 0.557. The number of nitrogens with zero attached hydrogens (tertiary/aromatic N) is 4. The Labute approximate surface area is 82.1 Å². The van der Waals surface area contributed by atoms with Crippen LogP contribution in [-0.2, 0) is 13.1 Å². The molecule has 0 amide bonds. The zero-order valence-corrected chi connectivity index (χ0v) is 8.09. The van der Waals surface area contributed by atoms with Crippen LogP contribution in [0, 0.1) is 6.92 Å². The van der Waals surface area contributed by atoms with Crippen LogP contribution in [-0.4, -0.2) is 19.6 Å². The van der Waals surface area contributed by atoms with Crippen molar-refractivity contribution in [3.63, 3.8) is 0 Å². The Morgan fingerprint density at radius 2 is 1.79 bits per heavy atom. The number of nitrogens with two attached hydrogens (primary N) is 1. The number of hydrogen-bond acceptors (Lipinski definition) is 3. The predicted molar refractivity (Wildman–Crippen MR) is 53.6 cm³/mol. The van der Waals surface area contributed by atoms with E-state index in [4.69, 9.17) is 5.73 Å². The summed E-state index contributed by atoms with van der Waals surface area (Å²) in [6.45, 7) is 3.58. The predicted octanol–water partition coefficient (Wildman–Crippen LogP) is 0.670. The van der Waals surface area contributed by atoms with Crippen molar-refractivity contribution in [2.45, 2.75) is 20.0 Å². The summed E-state index contributed by atoms with van der Waals surface area (Å²) >= 11 is 0. The molecule has 0 saturated heterocycles. The molecule has 0 atom stereocenters. The molecule has 0 unspecified atom stereocenters. The van der Waals surface area contributed by atoms with Crippen molar-refractivity contribution >= 4 is 5.82 Å². The van der Waals surface area contributed by atoms with Crippen LogP contribution in [0.1, 0.15) is 5.69 Å². The van der Waals surface area contributed by atoms with E-state index in [-0.39, 0.29) is 0 Å². The highest BCUT2D eigenvalue weighted by Crippen LogP contribution is 1.97. The summed E-state index contributed by atoms with van der Waals surface area (Å²) in [6.07, 6.45) is 3.83. The van der Waals surface area contributed by atoms with E-state index in [1.807, 2.05) is 34.7 Å². The third kappa shape index (κ3) is 1.93. The van der Waals surface area contributed by atoms with Gasteiger partial charge in [-0.05, 0) is 19.1 Å². The highest BCUT2D eigenvalue weighted by Gasteiger charge is 1.96. The van der Waals surface area contributed by atoms with E-state index in [9.17, 15) is 0 Å². The maximum atomic E-state index is 5.50. The molecule has 0 saturated carbocycles. The minimum atomic E-state index is 0.557. The van der Waals surface area contributed by atoms with Crippen molar-refractivity contribution in [3.05, 3.63) is 30.2 Å². The molecule has 0 aliphatic heterocycles. The van der Waals surface area contributed by atoms with Crippen molar-refractivity contribution in [3.8, 4) is 0 Å². The van der Waals surface area contributed by atoms with Crippen LogP contribution in [0.3, 0.4) is 0 Å². The summed E-state index contributed by atoms with van der Waals surface area (Å²) < 4.78 is 3.71. The second kappa shape index (κ2) is 3.53. The van der Waals surface area contributed by atoms with Gasteiger partial charge in [-0.25, -0.2) is 0 Å². The van der Waals surface area contributed by atoms with Crippen molar-refractivity contribution in [2.24, 2.45) is 0 Å². The molecule has 0 aromatic carbocycles. The first-order valence-electron chi connectivity index (χ1n) is 4.53. The molecule has 0 bridgehead atoms. The number of aryl methyl sites for hydroxylation is 3. The first kappa shape index (κ1) is 8.80. The molecule has 2 aromatic heterocycles. The molecule has 2 aromatic rings. The van der Waals surface area contributed by atoms with Crippen molar-refractivity contribution in [2.75, 3.05) is 5.73 Å². The molecule has 0 aliphatic rings. The van der Waals surface area contributed by atoms with Gasteiger partial charge in [0.1, 0.15) is 5.82 Å². The molecule has 0 spiro atoms. The highest BCUT2D eigenvalue weighted by atomic mass is 15.3. The van der Waals surface area contributed by atoms with Crippen molar-refractivity contribution in [1.29, 1.82) is 0 Å². The fourth-order valence-electron chi connectivity index (χ4n) is 1.29. The second-order valence-electron chi connectivity index (χ2n) is 3.22. The molecule has 0 aliphatic carbocycles. The Bertz CT molecular complexity index is 374. The highest BCUT2D eigenvalue weighted by molar-refractivity contribution is 5.23. The first-order valence-corrected chi connectivity index (χ1v) is 4.53. The van der Waals surface area contributed by atoms with Gasteiger partial charge in [0.15, 0.2) is 0 Å². The number of rotatable bonds is 3. The molecular weight excluding hydrogens is 178 g/mol. The van der Waals surface area contributed by atoms with Gasteiger partial charge < -0.3 is 5.73 Å². The van der Waals surface area contributed by atoms with Gasteiger partial charge in [-0.1, -0.05) is 0 Å². The summed E-state index contributed by atoms with van der Waals surface area (Å²) in [5.41, 5.74) is 6.53. The van der Waals surface area contributed by atoms with E-state index in [0.717, 1.165) is 18.8 Å². The molecule has 2 N–H and O–H groups in total. The third-order valence-electron chi connectivity index (χ3n) is 1.99. The van der Waals surface area contributed by atoms with Gasteiger partial charge in [0.2, 0.25) is 0 Å². The average Bonchev–Trinajstić information content (AvgIpc) is 2.72. The third-order valence-corrected chi connectivity index (χ3v) is 1.99. The van der Waals surface area contributed by atoms with E-state index in [2.05, 4.69) is 10.2 Å². The quantitative estimate of drug-likeness (QED) is 0.775. The van der Waals surface area contributed by atoms with Crippen LogP contribution in [0.5, 0.6) is 0 Å². The van der Waals surface area contributed by atoms with Crippen LogP contribution in [0.4, 0.5) is 5.82 Å². The minimum absolute atomic E-state index is 0.557. The van der Waals surface area contributed by atoms with E-state index < -0.39 is 0 Å². The van der Waals surface area contributed by atoms with Gasteiger partial charge in [-0.15, -0.1) is 0 Å². The number of anilines is 1. The van der Waals surface area contributed by atoms with E-state index in [0.29, 0.717) is 5.82 Å². The summed E-state index contributed by atoms with van der Waals surface area (Å²) in [7, 11) is 0. The molecular formula is C9H13N5. The maximum absolute atomic E-state index is 5.50. The first-order chi connectivity index (χ1) is 6.74. The molecule has 74 valence electrons. The lowest BCUT2D eigenvalue weighted by atomic mass is 10.5. The van der Waals surface area contributed by atoms with Gasteiger partial charge in [-0.3, -0.25) is 9.36 Å². The summed E-state index contributed by atoms with van der Waals surface area (Å²) in [5, 5.41) is 8.36. The van der Waals surface area contributed by atoms with Gasteiger partial charge >= 0.3 is 0 Å². The van der Waals surface area contributed by atoms with Crippen LogP contribution in [0.2, 0.25) is 0 Å². The van der Waals surface area contributed by atoms with Crippen LogP contribution in [0.25, 0.3) is 0 Å². The van der Waals surface area contributed by atoms with Crippen molar-refractivity contribution in [1.82, 2.24) is 19.6 Å². The Kier molecular flexibility index (Phi) is 2.22. The van der Waals surface area contributed by atoms with E-state index in [1.54, 1.807) is 6.07 Å². The lowest BCUT2D eigenvalue weighted by molar-refractivity contribution is 0.499. The zero-order chi connectivity index (χ0) is 9.97. The van der Waals surface area contributed by atoms with Crippen LogP contribution >= 0.6 is 0 Å². The van der Waals surface area contributed by atoms with Crippen LogP contribution in [0.15, 0.2) is 24.5 Å². The molecule has 5 nitrogen and oxygen atoms in total. The maximum Gasteiger partial charge on any atom is 0.145 e. The van der Waals surface area contributed by atoms with Crippen LogP contribution < -0.4 is 5.73 Å². The average molecular weight is 191 g/mol. The summed E-state index contributed by atoms with van der Waals surface area (Å²) in [6, 6.07) is 3.77. The SMILES string of the molecule is Cc1ccn(CCn2ccc(N)n2)n1. The molecule has 2 heterocycles. The second-order valence-corrected chi connectivity index (χ2v) is 3.22. The molecule has 0 fully saturated rings. The number of nitrogen functional groups attached to an aromatic ring is 1. The Hall–Kier alpha value is -1.78. The molecule has 14 heavy (non-hydrogen) atoms. The van der Waals surface area contributed by atoms with E-state index >= 15 is 0 Å². The Balaban J connectivity index is 1.94. The standard InChI is InChI=1S/C9H13N5/c1-8-2-4-13(11-8)6-7-14-5-3-9(10)12-14/h2-5H,6-7H2,1H3,(H2,10,12). The number of aromatic nitrogens is 4. The van der Waals surface area contributed by atoms with Crippen molar-refractivity contribution < 1.29 is 0 Å². The topological polar surface area (TPSA) is 61.7 Å². The fraction of sp³-hybridized carbons (Fsp3) is 0.333. The molecule has 0 radical (unpaired) electrons. The Morgan fingerprint density at radius 3 is 2.29 bits per heavy atom. The van der Waals surface area contributed by atoms with Gasteiger partial charge in [-0.2, -0.15) is 10.2 Å². The Morgan fingerprint density at radius 1 is 1.14 bits per heavy atom. The van der Waals surface area contributed by atoms with E-state index in [1.165, 1.54) is 0 Å². The molecule has 5 heteroatoms. The van der Waals surface area contributed by atoms with Gasteiger partial charge in [0.25, 0.3) is 0 Å². The zero-order valence-electron chi connectivity index (χ0n) is 8.09. The fourth-order valence-corrected chi connectivity index (χ4v) is 1.29.